The molecule has 6 heteroatoms. The van der Waals surface area contributed by atoms with Crippen LogP contribution in [0.2, 0.25) is 18.1 Å². The monoisotopic (exact) mass is 345 g/mol. The predicted octanol–water partition coefficient (Wildman–Crippen LogP) is 5.34. The number of nitrogens with two attached hydrogens (primary N) is 1. The van der Waals surface area contributed by atoms with E-state index in [1.807, 2.05) is 0 Å². The molecule has 130 valence electrons. The van der Waals surface area contributed by atoms with Crippen molar-refractivity contribution in [2.45, 2.75) is 63.3 Å². The highest BCUT2D eigenvalue weighted by molar-refractivity contribution is 6.74. The largest absolute Gasteiger partial charge is 0.416 e. The van der Waals surface area contributed by atoms with Crippen LogP contribution in [0.5, 0.6) is 0 Å². The summed E-state index contributed by atoms with van der Waals surface area (Å²) in [6.07, 6.45) is -2.93. The number of anilines is 1. The van der Waals surface area contributed by atoms with Crippen molar-refractivity contribution in [2.75, 3.05) is 12.3 Å². The van der Waals surface area contributed by atoms with Crippen LogP contribution in [0.25, 0.3) is 0 Å². The highest BCUT2D eigenvalue weighted by Gasteiger charge is 2.51. The SMILES string of the molecule is CC(C)(C)[Si](C)(C)OCC1(c2ccc(N)cc2C(F)(F)F)CC1. The fourth-order valence-electron chi connectivity index (χ4n) is 2.44. The van der Waals surface area contributed by atoms with Crippen LogP contribution in [0.1, 0.15) is 44.7 Å². The first-order valence-corrected chi connectivity index (χ1v) is 10.8. The Morgan fingerprint density at radius 3 is 2.17 bits per heavy atom. The Labute approximate surface area is 137 Å². The lowest BCUT2D eigenvalue weighted by molar-refractivity contribution is -0.138. The summed E-state index contributed by atoms with van der Waals surface area (Å²) in [4.78, 5) is 0. The quantitative estimate of drug-likeness (QED) is 0.590. The third kappa shape index (κ3) is 3.74. The number of benzene rings is 1. The first kappa shape index (κ1) is 18.3. The zero-order valence-electron chi connectivity index (χ0n) is 14.5. The Bertz CT molecular complexity index is 586. The normalized spacial score (nSPS) is 18.1. The summed E-state index contributed by atoms with van der Waals surface area (Å²) >= 11 is 0. The van der Waals surface area contributed by atoms with E-state index >= 15 is 0 Å². The van der Waals surface area contributed by atoms with Crippen LogP contribution in [0.15, 0.2) is 18.2 Å². The lowest BCUT2D eigenvalue weighted by atomic mass is 9.91. The molecule has 0 bridgehead atoms. The van der Waals surface area contributed by atoms with Crippen LogP contribution in [0.3, 0.4) is 0 Å². The van der Waals surface area contributed by atoms with Crippen LogP contribution in [0, 0.1) is 0 Å². The van der Waals surface area contributed by atoms with Gasteiger partial charge < -0.3 is 10.2 Å². The topological polar surface area (TPSA) is 35.2 Å². The van der Waals surface area contributed by atoms with E-state index in [9.17, 15) is 13.2 Å². The maximum Gasteiger partial charge on any atom is 0.416 e. The standard InChI is InChI=1S/C17H26F3NOSi/c1-15(2,3)23(4,5)22-11-16(8-9-16)13-7-6-12(21)10-14(13)17(18,19)20/h6-7,10H,8-9,11,21H2,1-5H3. The van der Waals surface area contributed by atoms with Crippen LogP contribution in [0.4, 0.5) is 18.9 Å². The van der Waals surface area contributed by atoms with Gasteiger partial charge in [-0.1, -0.05) is 26.8 Å². The number of alkyl halides is 3. The van der Waals surface area contributed by atoms with E-state index < -0.39 is 25.5 Å². The number of rotatable bonds is 4. The number of hydrogen-bond donors (Lipinski definition) is 1. The first-order chi connectivity index (χ1) is 10.3. The van der Waals surface area contributed by atoms with Crippen molar-refractivity contribution in [1.82, 2.24) is 0 Å². The molecule has 0 spiro atoms. The molecule has 1 fully saturated rings. The fraction of sp³-hybridized carbons (Fsp3) is 0.647. The van der Waals surface area contributed by atoms with E-state index in [-0.39, 0.29) is 10.7 Å². The number of nitrogen functional groups attached to an aromatic ring is 1. The molecule has 23 heavy (non-hydrogen) atoms. The maximum absolute atomic E-state index is 13.4. The molecule has 1 saturated carbocycles. The minimum atomic E-state index is -4.39. The minimum Gasteiger partial charge on any atom is -0.416 e. The molecule has 0 saturated heterocycles. The second-order valence-corrected chi connectivity index (χ2v) is 12.9. The van der Waals surface area contributed by atoms with Crippen LogP contribution >= 0.6 is 0 Å². The van der Waals surface area contributed by atoms with Crippen LogP contribution in [-0.4, -0.2) is 14.9 Å². The van der Waals surface area contributed by atoms with Gasteiger partial charge >= 0.3 is 6.18 Å². The summed E-state index contributed by atoms with van der Waals surface area (Å²) in [5, 5.41) is 0.0387. The zero-order chi connectivity index (χ0) is 17.7. The Morgan fingerprint density at radius 1 is 1.17 bits per heavy atom. The number of halogens is 3. The number of hydrogen-bond acceptors (Lipinski definition) is 2. The fourth-order valence-corrected chi connectivity index (χ4v) is 3.51. The van der Waals surface area contributed by atoms with Crippen LogP contribution in [-0.2, 0) is 16.0 Å². The van der Waals surface area contributed by atoms with Gasteiger partial charge in [0.1, 0.15) is 0 Å². The van der Waals surface area contributed by atoms with E-state index in [0.717, 1.165) is 18.9 Å². The molecule has 1 aromatic carbocycles. The van der Waals surface area contributed by atoms with E-state index in [0.29, 0.717) is 12.2 Å². The average Bonchev–Trinajstić information content (AvgIpc) is 3.15. The summed E-state index contributed by atoms with van der Waals surface area (Å²) in [7, 11) is -1.99. The minimum absolute atomic E-state index is 0.0387. The van der Waals surface area contributed by atoms with Crippen molar-refractivity contribution in [1.29, 1.82) is 0 Å². The van der Waals surface area contributed by atoms with Crippen molar-refractivity contribution in [3.8, 4) is 0 Å². The molecule has 0 atom stereocenters. The summed E-state index contributed by atoms with van der Waals surface area (Å²) < 4.78 is 46.3. The molecule has 2 nitrogen and oxygen atoms in total. The third-order valence-electron chi connectivity index (χ3n) is 5.29. The van der Waals surface area contributed by atoms with Gasteiger partial charge in [-0.2, -0.15) is 13.2 Å². The predicted molar refractivity (Wildman–Crippen MR) is 89.9 cm³/mol. The molecule has 0 amide bonds. The lowest BCUT2D eigenvalue weighted by Gasteiger charge is -2.37. The van der Waals surface area contributed by atoms with Gasteiger partial charge in [0, 0.05) is 17.7 Å². The highest BCUT2D eigenvalue weighted by Crippen LogP contribution is 2.53. The van der Waals surface area contributed by atoms with E-state index in [4.69, 9.17) is 10.2 Å². The summed E-state index contributed by atoms with van der Waals surface area (Å²) in [6, 6.07) is 4.12. The summed E-state index contributed by atoms with van der Waals surface area (Å²) in [5.41, 5.74) is 4.91. The molecular formula is C17H26F3NOSi. The van der Waals surface area contributed by atoms with Crippen molar-refractivity contribution < 1.29 is 17.6 Å². The van der Waals surface area contributed by atoms with Gasteiger partial charge in [0.15, 0.2) is 8.32 Å². The molecule has 0 aliphatic heterocycles. The van der Waals surface area contributed by atoms with Gasteiger partial charge in [0.2, 0.25) is 0 Å². The Kier molecular flexibility index (Phi) is 4.40. The molecule has 0 aromatic heterocycles. The van der Waals surface area contributed by atoms with Crippen molar-refractivity contribution in [3.63, 3.8) is 0 Å². The van der Waals surface area contributed by atoms with Crippen molar-refractivity contribution >= 4 is 14.0 Å². The molecular weight excluding hydrogens is 319 g/mol. The molecule has 1 aliphatic rings. The summed E-state index contributed by atoms with van der Waals surface area (Å²) in [5.74, 6) is 0. The summed E-state index contributed by atoms with van der Waals surface area (Å²) in [6.45, 7) is 11.0. The smallest absolute Gasteiger partial charge is 0.416 e. The lowest BCUT2D eigenvalue weighted by Crippen LogP contribution is -2.42. The zero-order valence-corrected chi connectivity index (χ0v) is 15.5. The Hall–Kier alpha value is -1.01. The van der Waals surface area contributed by atoms with Crippen molar-refractivity contribution in [2.24, 2.45) is 0 Å². The Balaban J connectivity index is 2.29. The van der Waals surface area contributed by atoms with Gasteiger partial charge in [0.25, 0.3) is 0 Å². The molecule has 0 heterocycles. The molecule has 1 aliphatic carbocycles. The molecule has 0 radical (unpaired) electrons. The Morgan fingerprint density at radius 2 is 1.74 bits per heavy atom. The van der Waals surface area contributed by atoms with E-state index in [2.05, 4.69) is 33.9 Å². The van der Waals surface area contributed by atoms with Gasteiger partial charge in [-0.3, -0.25) is 0 Å². The van der Waals surface area contributed by atoms with E-state index in [1.165, 1.54) is 6.07 Å². The van der Waals surface area contributed by atoms with Crippen LogP contribution < -0.4 is 5.73 Å². The van der Waals surface area contributed by atoms with Gasteiger partial charge in [-0.05, 0) is 48.7 Å². The molecule has 1 aromatic rings. The molecule has 0 unspecified atom stereocenters. The third-order valence-corrected chi connectivity index (χ3v) is 9.77. The highest BCUT2D eigenvalue weighted by atomic mass is 28.4. The first-order valence-electron chi connectivity index (χ1n) is 7.90. The second-order valence-electron chi connectivity index (χ2n) is 8.13. The maximum atomic E-state index is 13.4. The van der Waals surface area contributed by atoms with Gasteiger partial charge in [-0.15, -0.1) is 0 Å². The average molecular weight is 345 g/mol. The molecule has 2 N–H and O–H groups in total. The molecule has 2 rings (SSSR count). The van der Waals surface area contributed by atoms with Gasteiger partial charge in [-0.25, -0.2) is 0 Å². The van der Waals surface area contributed by atoms with Gasteiger partial charge in [0.05, 0.1) is 5.56 Å². The van der Waals surface area contributed by atoms with E-state index in [1.54, 1.807) is 6.07 Å². The van der Waals surface area contributed by atoms with Crippen molar-refractivity contribution in [3.05, 3.63) is 29.3 Å². The second kappa shape index (κ2) is 5.52.